The van der Waals surface area contributed by atoms with Gasteiger partial charge in [-0.05, 0) is 6.42 Å². The van der Waals surface area contributed by atoms with E-state index < -0.39 is 9.84 Å². The molecule has 0 aromatic heterocycles. The molecule has 0 aliphatic rings. The fourth-order valence-corrected chi connectivity index (χ4v) is 1.84. The monoisotopic (exact) mass is 363 g/mol. The SMILES string of the molecule is CN(C)C(=NCCCS(C)(=O)=O)N(C)C.I. The van der Waals surface area contributed by atoms with Crippen molar-refractivity contribution in [2.24, 2.45) is 4.99 Å². The predicted molar refractivity (Wildman–Crippen MR) is 79.4 cm³/mol. The first-order valence-corrected chi connectivity index (χ1v) is 6.87. The Morgan fingerprint density at radius 1 is 1.12 bits per heavy atom. The van der Waals surface area contributed by atoms with Crippen LogP contribution in [0, 0.1) is 0 Å². The molecule has 0 fully saturated rings. The van der Waals surface area contributed by atoms with Crippen LogP contribution in [0.3, 0.4) is 0 Å². The third-order valence-corrected chi connectivity index (χ3v) is 2.76. The van der Waals surface area contributed by atoms with E-state index in [-0.39, 0.29) is 29.7 Å². The number of hydrogen-bond acceptors (Lipinski definition) is 3. The summed E-state index contributed by atoms with van der Waals surface area (Å²) in [6.07, 6.45) is 1.82. The van der Waals surface area contributed by atoms with Crippen LogP contribution in [0.2, 0.25) is 0 Å². The van der Waals surface area contributed by atoms with Gasteiger partial charge in [0.05, 0.1) is 5.75 Å². The van der Waals surface area contributed by atoms with Crippen molar-refractivity contribution in [3.8, 4) is 0 Å². The van der Waals surface area contributed by atoms with E-state index >= 15 is 0 Å². The molecule has 16 heavy (non-hydrogen) atoms. The maximum atomic E-state index is 10.9. The highest BCUT2D eigenvalue weighted by Crippen LogP contribution is 1.93. The Kier molecular flexibility index (Phi) is 9.28. The molecule has 0 unspecified atom stereocenters. The predicted octanol–water partition coefficient (Wildman–Crippen LogP) is 0.518. The van der Waals surface area contributed by atoms with E-state index in [1.54, 1.807) is 0 Å². The van der Waals surface area contributed by atoms with Crippen LogP contribution >= 0.6 is 24.0 Å². The van der Waals surface area contributed by atoms with Gasteiger partial charge >= 0.3 is 0 Å². The van der Waals surface area contributed by atoms with Crippen LogP contribution in [0.15, 0.2) is 4.99 Å². The van der Waals surface area contributed by atoms with Crippen LogP contribution in [0.4, 0.5) is 0 Å². The van der Waals surface area contributed by atoms with Crippen molar-refractivity contribution in [2.45, 2.75) is 6.42 Å². The number of nitrogens with zero attached hydrogens (tertiary/aromatic N) is 3. The largest absolute Gasteiger partial charge is 0.349 e. The molecule has 0 aromatic rings. The molecule has 0 bridgehead atoms. The van der Waals surface area contributed by atoms with Crippen LogP contribution in [0.5, 0.6) is 0 Å². The molecule has 0 atom stereocenters. The van der Waals surface area contributed by atoms with Gasteiger partial charge in [0, 0.05) is 41.0 Å². The molecule has 0 radical (unpaired) electrons. The minimum atomic E-state index is -2.86. The van der Waals surface area contributed by atoms with Gasteiger partial charge in [-0.3, -0.25) is 4.99 Å². The molecule has 0 heterocycles. The Balaban J connectivity index is 0. The Hall–Kier alpha value is -0.0500. The first kappa shape index (κ1) is 18.3. The Bertz CT molecular complexity index is 303. The third-order valence-electron chi connectivity index (χ3n) is 1.73. The summed E-state index contributed by atoms with van der Waals surface area (Å²) >= 11 is 0. The summed E-state index contributed by atoms with van der Waals surface area (Å²) in [5.41, 5.74) is 0. The van der Waals surface area contributed by atoms with Gasteiger partial charge in [-0.2, -0.15) is 0 Å². The molecule has 0 rings (SSSR count). The summed E-state index contributed by atoms with van der Waals surface area (Å²) in [7, 11) is 4.79. The van der Waals surface area contributed by atoms with Crippen molar-refractivity contribution in [1.29, 1.82) is 0 Å². The van der Waals surface area contributed by atoms with Gasteiger partial charge in [-0.25, -0.2) is 8.42 Å². The van der Waals surface area contributed by atoms with Gasteiger partial charge < -0.3 is 9.80 Å². The second kappa shape index (κ2) is 8.10. The lowest BCUT2D eigenvalue weighted by molar-refractivity contribution is 0.479. The highest BCUT2D eigenvalue weighted by atomic mass is 127. The lowest BCUT2D eigenvalue weighted by Gasteiger charge is -2.22. The molecule has 0 saturated heterocycles. The van der Waals surface area contributed by atoms with Crippen LogP contribution in [0.25, 0.3) is 0 Å². The van der Waals surface area contributed by atoms with Gasteiger partial charge in [0.15, 0.2) is 5.96 Å². The van der Waals surface area contributed by atoms with E-state index in [9.17, 15) is 8.42 Å². The first-order valence-electron chi connectivity index (χ1n) is 4.81. The molecule has 0 N–H and O–H groups in total. The molecule has 5 nitrogen and oxygen atoms in total. The van der Waals surface area contributed by atoms with Crippen LogP contribution in [-0.2, 0) is 9.84 Å². The van der Waals surface area contributed by atoms with Crippen molar-refractivity contribution in [1.82, 2.24) is 9.80 Å². The molecule has 0 aromatic carbocycles. The summed E-state index contributed by atoms with van der Waals surface area (Å²) in [4.78, 5) is 8.14. The fourth-order valence-electron chi connectivity index (χ4n) is 1.19. The minimum absolute atomic E-state index is 0. The number of guanidine groups is 1. The zero-order valence-electron chi connectivity index (χ0n) is 10.6. The quantitative estimate of drug-likeness (QED) is 0.316. The van der Waals surface area contributed by atoms with E-state index in [0.29, 0.717) is 13.0 Å². The van der Waals surface area contributed by atoms with Crippen molar-refractivity contribution in [3.05, 3.63) is 0 Å². The fraction of sp³-hybridized carbons (Fsp3) is 0.889. The third kappa shape index (κ3) is 9.20. The molecular weight excluding hydrogens is 341 g/mol. The van der Waals surface area contributed by atoms with E-state index in [2.05, 4.69) is 4.99 Å². The van der Waals surface area contributed by atoms with Crippen LogP contribution in [-0.4, -0.2) is 70.9 Å². The van der Waals surface area contributed by atoms with Gasteiger partial charge in [0.25, 0.3) is 0 Å². The van der Waals surface area contributed by atoms with E-state index in [0.717, 1.165) is 5.96 Å². The summed E-state index contributed by atoms with van der Waals surface area (Å²) in [6, 6.07) is 0. The maximum Gasteiger partial charge on any atom is 0.195 e. The second-order valence-electron chi connectivity index (χ2n) is 3.95. The lowest BCUT2D eigenvalue weighted by atomic mass is 10.5. The average Bonchev–Trinajstić information content (AvgIpc) is 2.00. The number of halogens is 1. The molecule has 7 heteroatoms. The van der Waals surface area contributed by atoms with Crippen molar-refractivity contribution < 1.29 is 8.42 Å². The number of sulfone groups is 1. The Morgan fingerprint density at radius 3 is 1.88 bits per heavy atom. The van der Waals surface area contributed by atoms with Crippen LogP contribution < -0.4 is 0 Å². The van der Waals surface area contributed by atoms with Crippen molar-refractivity contribution in [2.75, 3.05) is 46.7 Å². The highest BCUT2D eigenvalue weighted by Gasteiger charge is 2.04. The molecule has 98 valence electrons. The molecule has 0 amide bonds. The lowest BCUT2D eigenvalue weighted by Crippen LogP contribution is -2.35. The Labute approximate surface area is 116 Å². The average molecular weight is 363 g/mol. The summed E-state index contributed by atoms with van der Waals surface area (Å²) in [5, 5.41) is 0. The summed E-state index contributed by atoms with van der Waals surface area (Å²) in [6.45, 7) is 0.540. The maximum absolute atomic E-state index is 10.9. The molecule has 0 saturated carbocycles. The topological polar surface area (TPSA) is 53.0 Å². The zero-order chi connectivity index (χ0) is 12.1. The molecular formula is C9H22IN3O2S. The minimum Gasteiger partial charge on any atom is -0.349 e. The van der Waals surface area contributed by atoms with Gasteiger partial charge in [-0.1, -0.05) is 0 Å². The molecule has 0 aliphatic heterocycles. The van der Waals surface area contributed by atoms with E-state index in [1.165, 1.54) is 6.26 Å². The van der Waals surface area contributed by atoms with Gasteiger partial charge in [0.2, 0.25) is 0 Å². The zero-order valence-corrected chi connectivity index (χ0v) is 13.7. The molecule has 0 spiro atoms. The molecule has 0 aliphatic carbocycles. The smallest absolute Gasteiger partial charge is 0.195 e. The standard InChI is InChI=1S/C9H21N3O2S.HI/c1-11(2)9(12(3)4)10-7-6-8-15(5,13)14;/h6-8H2,1-5H3;1H. The Morgan fingerprint density at radius 2 is 1.56 bits per heavy atom. The summed E-state index contributed by atoms with van der Waals surface area (Å²) < 4.78 is 21.7. The van der Waals surface area contributed by atoms with Crippen LogP contribution in [0.1, 0.15) is 6.42 Å². The number of hydrogen-bond donors (Lipinski definition) is 0. The van der Waals surface area contributed by atoms with E-state index in [4.69, 9.17) is 0 Å². The van der Waals surface area contributed by atoms with Crippen molar-refractivity contribution >= 4 is 39.8 Å². The van der Waals surface area contributed by atoms with Gasteiger partial charge in [-0.15, -0.1) is 24.0 Å². The van der Waals surface area contributed by atoms with Crippen molar-refractivity contribution in [3.63, 3.8) is 0 Å². The van der Waals surface area contributed by atoms with E-state index in [1.807, 2.05) is 38.0 Å². The normalized spacial score (nSPS) is 10.3. The van der Waals surface area contributed by atoms with Gasteiger partial charge in [0.1, 0.15) is 9.84 Å². The second-order valence-corrected chi connectivity index (χ2v) is 6.21. The number of rotatable bonds is 4. The summed E-state index contributed by atoms with van der Waals surface area (Å²) in [5.74, 6) is 1.05. The number of aliphatic imine (C=N–C) groups is 1. The highest BCUT2D eigenvalue weighted by molar-refractivity contribution is 14.0. The first-order chi connectivity index (χ1) is 6.74.